The first-order valence-electron chi connectivity index (χ1n) is 8.43. The quantitative estimate of drug-likeness (QED) is 0.747. The Kier molecular flexibility index (Phi) is 4.01. The summed E-state index contributed by atoms with van der Waals surface area (Å²) in [7, 11) is 1.79. The van der Waals surface area contributed by atoms with Gasteiger partial charge in [-0.25, -0.2) is 4.39 Å². The van der Waals surface area contributed by atoms with Crippen LogP contribution in [0.5, 0.6) is 0 Å². The van der Waals surface area contributed by atoms with Gasteiger partial charge < -0.3 is 15.2 Å². The molecule has 0 radical (unpaired) electrons. The smallest absolute Gasteiger partial charge is 0.271 e. The van der Waals surface area contributed by atoms with E-state index in [0.29, 0.717) is 12.2 Å². The third-order valence-electron chi connectivity index (χ3n) is 4.63. The van der Waals surface area contributed by atoms with Crippen molar-refractivity contribution in [3.8, 4) is 11.4 Å². The summed E-state index contributed by atoms with van der Waals surface area (Å²) in [5, 5.41) is 8.00. The number of hydrogen-bond acceptors (Lipinski definition) is 3. The Morgan fingerprint density at radius 1 is 1.32 bits per heavy atom. The Bertz CT molecular complexity index is 925. The van der Waals surface area contributed by atoms with Gasteiger partial charge in [0.2, 0.25) is 0 Å². The normalized spacial score (nSPS) is 14.6. The molecule has 1 saturated heterocycles. The summed E-state index contributed by atoms with van der Waals surface area (Å²) >= 11 is 0. The fourth-order valence-corrected chi connectivity index (χ4v) is 3.10. The monoisotopic (exact) mass is 341 g/mol. The maximum absolute atomic E-state index is 13.4. The van der Waals surface area contributed by atoms with Crippen molar-refractivity contribution in [1.29, 1.82) is 0 Å². The van der Waals surface area contributed by atoms with Crippen LogP contribution < -0.4 is 5.32 Å². The summed E-state index contributed by atoms with van der Waals surface area (Å²) < 4.78 is 15.0. The van der Waals surface area contributed by atoms with Crippen LogP contribution in [0.15, 0.2) is 30.3 Å². The molecule has 3 heterocycles. The minimum Gasteiger partial charge on any atom is -0.353 e. The summed E-state index contributed by atoms with van der Waals surface area (Å²) in [6, 6.07) is 8.22. The molecule has 1 aliphatic heterocycles. The van der Waals surface area contributed by atoms with Crippen LogP contribution in [0, 0.1) is 5.82 Å². The zero-order chi connectivity index (χ0) is 17.4. The molecule has 1 aliphatic rings. The van der Waals surface area contributed by atoms with Crippen molar-refractivity contribution in [2.45, 2.75) is 6.42 Å². The van der Waals surface area contributed by atoms with E-state index in [1.807, 2.05) is 6.07 Å². The van der Waals surface area contributed by atoms with Crippen molar-refractivity contribution >= 4 is 16.8 Å². The van der Waals surface area contributed by atoms with Crippen LogP contribution >= 0.6 is 0 Å². The minimum absolute atomic E-state index is 0.176. The molecule has 0 aliphatic carbocycles. The fraction of sp³-hybridized carbons (Fsp3) is 0.333. The number of hydrogen-bond donors (Lipinski definition) is 2. The summed E-state index contributed by atoms with van der Waals surface area (Å²) in [5.74, 6) is -0.449. The molecule has 0 unspecified atom stereocenters. The second-order valence-electron chi connectivity index (χ2n) is 6.40. The Hall–Kier alpha value is -2.67. The molecule has 0 atom stereocenters. The first-order valence-corrected chi connectivity index (χ1v) is 8.43. The lowest BCUT2D eigenvalue weighted by Crippen LogP contribution is -2.42. The van der Waals surface area contributed by atoms with E-state index < -0.39 is 0 Å². The van der Waals surface area contributed by atoms with E-state index in [-0.39, 0.29) is 11.7 Å². The molecule has 7 heteroatoms. The number of benzene rings is 1. The van der Waals surface area contributed by atoms with Gasteiger partial charge in [-0.1, -0.05) is 0 Å². The lowest BCUT2D eigenvalue weighted by molar-refractivity contribution is 0.0935. The largest absolute Gasteiger partial charge is 0.353 e. The standard InChI is InChI=1S/C18H20FN5O/c1-23-17(15-10-12-9-13(19)3-4-14(12)21-15)11-16(22-23)18(25)20-5-8-24-6-2-7-24/h3-4,9-11,21H,2,5-8H2,1H3,(H,20,25). The van der Waals surface area contributed by atoms with Crippen molar-refractivity contribution in [3.63, 3.8) is 0 Å². The number of aromatic amines is 1. The highest BCUT2D eigenvalue weighted by atomic mass is 19.1. The number of aryl methyl sites for hydroxylation is 1. The van der Waals surface area contributed by atoms with E-state index in [2.05, 4.69) is 20.3 Å². The van der Waals surface area contributed by atoms with Gasteiger partial charge in [0.25, 0.3) is 5.91 Å². The molecule has 0 saturated carbocycles. The third-order valence-corrected chi connectivity index (χ3v) is 4.63. The topological polar surface area (TPSA) is 66.0 Å². The van der Waals surface area contributed by atoms with Gasteiger partial charge in [-0.15, -0.1) is 0 Å². The van der Waals surface area contributed by atoms with E-state index >= 15 is 0 Å². The van der Waals surface area contributed by atoms with Crippen molar-refractivity contribution in [2.24, 2.45) is 7.05 Å². The van der Waals surface area contributed by atoms with Gasteiger partial charge in [-0.05, 0) is 49.8 Å². The van der Waals surface area contributed by atoms with E-state index in [0.717, 1.165) is 41.9 Å². The fourth-order valence-electron chi connectivity index (χ4n) is 3.10. The summed E-state index contributed by atoms with van der Waals surface area (Å²) in [5.41, 5.74) is 2.81. The molecule has 1 aromatic carbocycles. The van der Waals surface area contributed by atoms with Crippen molar-refractivity contribution in [1.82, 2.24) is 25.0 Å². The summed E-state index contributed by atoms with van der Waals surface area (Å²) in [6.07, 6.45) is 1.24. The van der Waals surface area contributed by atoms with E-state index in [4.69, 9.17) is 0 Å². The molecule has 0 bridgehead atoms. The van der Waals surface area contributed by atoms with Gasteiger partial charge in [-0.2, -0.15) is 5.10 Å². The predicted octanol–water partition coefficient (Wildman–Crippen LogP) is 2.14. The number of fused-ring (bicyclic) bond motifs is 1. The number of amides is 1. The second kappa shape index (κ2) is 6.33. The van der Waals surface area contributed by atoms with Crippen LogP contribution in [0.2, 0.25) is 0 Å². The molecule has 1 amide bonds. The SMILES string of the molecule is Cn1nc(C(=O)NCCN2CCC2)cc1-c1cc2cc(F)ccc2[nH]1. The van der Waals surface area contributed by atoms with Crippen LogP contribution in [0.1, 0.15) is 16.9 Å². The van der Waals surface area contributed by atoms with Crippen molar-refractivity contribution in [2.75, 3.05) is 26.2 Å². The highest BCUT2D eigenvalue weighted by molar-refractivity contribution is 5.94. The van der Waals surface area contributed by atoms with Crippen LogP contribution in [0.25, 0.3) is 22.3 Å². The maximum atomic E-state index is 13.4. The molecule has 4 rings (SSSR count). The van der Waals surface area contributed by atoms with Gasteiger partial charge >= 0.3 is 0 Å². The number of carbonyl (C=O) groups is 1. The number of H-pyrrole nitrogens is 1. The number of nitrogens with zero attached hydrogens (tertiary/aromatic N) is 3. The van der Waals surface area contributed by atoms with Crippen molar-refractivity contribution < 1.29 is 9.18 Å². The minimum atomic E-state index is -0.273. The Labute approximate surface area is 144 Å². The molecule has 2 aromatic heterocycles. The number of halogens is 1. The zero-order valence-electron chi connectivity index (χ0n) is 14.1. The number of nitrogens with one attached hydrogen (secondary N) is 2. The molecule has 2 N–H and O–H groups in total. The van der Waals surface area contributed by atoms with Gasteiger partial charge in [0.15, 0.2) is 5.69 Å². The lowest BCUT2D eigenvalue weighted by Gasteiger charge is -2.30. The zero-order valence-corrected chi connectivity index (χ0v) is 14.1. The molecule has 3 aromatic rings. The Morgan fingerprint density at radius 3 is 2.92 bits per heavy atom. The van der Waals surface area contributed by atoms with Crippen LogP contribution in [-0.2, 0) is 7.05 Å². The van der Waals surface area contributed by atoms with E-state index in [1.54, 1.807) is 23.9 Å². The third kappa shape index (κ3) is 3.15. The first kappa shape index (κ1) is 15.8. The average molecular weight is 341 g/mol. The lowest BCUT2D eigenvalue weighted by atomic mass is 10.2. The number of rotatable bonds is 5. The highest BCUT2D eigenvalue weighted by Gasteiger charge is 2.17. The summed E-state index contributed by atoms with van der Waals surface area (Å²) in [6.45, 7) is 3.73. The summed E-state index contributed by atoms with van der Waals surface area (Å²) in [4.78, 5) is 17.8. The molecule has 1 fully saturated rings. The molecule has 130 valence electrons. The molecular weight excluding hydrogens is 321 g/mol. The van der Waals surface area contributed by atoms with Gasteiger partial charge in [-0.3, -0.25) is 9.48 Å². The number of carbonyl (C=O) groups excluding carboxylic acids is 1. The Balaban J connectivity index is 1.51. The maximum Gasteiger partial charge on any atom is 0.271 e. The number of likely N-dealkylation sites (tertiary alicyclic amines) is 1. The van der Waals surface area contributed by atoms with Gasteiger partial charge in [0.1, 0.15) is 5.82 Å². The highest BCUT2D eigenvalue weighted by Crippen LogP contribution is 2.25. The Morgan fingerprint density at radius 2 is 2.16 bits per heavy atom. The van der Waals surface area contributed by atoms with Gasteiger partial charge in [0.05, 0.1) is 11.4 Å². The van der Waals surface area contributed by atoms with Crippen LogP contribution in [-0.4, -0.2) is 51.8 Å². The van der Waals surface area contributed by atoms with E-state index in [1.165, 1.54) is 18.6 Å². The van der Waals surface area contributed by atoms with E-state index in [9.17, 15) is 9.18 Å². The molecular formula is C18H20FN5O. The van der Waals surface area contributed by atoms with Crippen LogP contribution in [0.3, 0.4) is 0 Å². The van der Waals surface area contributed by atoms with Gasteiger partial charge in [0, 0.05) is 31.0 Å². The average Bonchev–Trinajstić information content (AvgIpc) is 3.12. The first-order chi connectivity index (χ1) is 12.1. The number of aromatic nitrogens is 3. The second-order valence-corrected chi connectivity index (χ2v) is 6.40. The van der Waals surface area contributed by atoms with Crippen molar-refractivity contribution in [3.05, 3.63) is 41.8 Å². The predicted molar refractivity (Wildman–Crippen MR) is 93.8 cm³/mol. The molecule has 6 nitrogen and oxygen atoms in total. The van der Waals surface area contributed by atoms with Crippen LogP contribution in [0.4, 0.5) is 4.39 Å². The molecule has 0 spiro atoms. The molecule has 25 heavy (non-hydrogen) atoms.